The molecule has 0 saturated carbocycles. The Morgan fingerprint density at radius 2 is 2.10 bits per heavy atom. The molecule has 1 aromatic heterocycles. The zero-order chi connectivity index (χ0) is 16.0. The molecule has 0 fully saturated rings. The molecule has 0 unspecified atom stereocenters. The molecule has 21 heavy (non-hydrogen) atoms. The number of thiazole rings is 1. The van der Waals surface area contributed by atoms with Crippen molar-refractivity contribution in [3.63, 3.8) is 0 Å². The second-order valence-electron chi connectivity index (χ2n) is 5.21. The number of hydrogen-bond donors (Lipinski definition) is 2. The first kappa shape index (κ1) is 17.4. The molecular weight excluding hydrogens is 288 g/mol. The molecule has 118 valence electrons. The summed E-state index contributed by atoms with van der Waals surface area (Å²) in [4.78, 5) is 29.4. The number of urea groups is 1. The maximum absolute atomic E-state index is 12.1. The predicted molar refractivity (Wildman–Crippen MR) is 85.7 cm³/mol. The number of aromatic nitrogens is 1. The molecule has 0 radical (unpaired) electrons. The highest BCUT2D eigenvalue weighted by Crippen LogP contribution is 2.24. The van der Waals surface area contributed by atoms with Gasteiger partial charge in [-0.25, -0.2) is 9.78 Å². The van der Waals surface area contributed by atoms with Crippen LogP contribution in [0.2, 0.25) is 0 Å². The standard InChI is InChI=1S/C14H24N4O2S/c1-6-9(2)11-8-21-13(16-11)17-14(20)18(5)7-10(3)12(19)15-4/h8-10H,6-7H2,1-5H3,(H,15,19)(H,16,17,20)/t9-,10-/m1/s1. The Kier molecular flexibility index (Phi) is 6.61. The van der Waals surface area contributed by atoms with Gasteiger partial charge in [-0.05, 0) is 12.3 Å². The lowest BCUT2D eigenvalue weighted by molar-refractivity contribution is -0.124. The number of carbonyl (C=O) groups is 2. The lowest BCUT2D eigenvalue weighted by Gasteiger charge is -2.20. The maximum Gasteiger partial charge on any atom is 0.323 e. The molecule has 2 N–H and O–H groups in total. The molecule has 1 rings (SSSR count). The van der Waals surface area contributed by atoms with Gasteiger partial charge in [-0.1, -0.05) is 20.8 Å². The summed E-state index contributed by atoms with van der Waals surface area (Å²) in [6, 6.07) is -0.254. The topological polar surface area (TPSA) is 74.3 Å². The Morgan fingerprint density at radius 1 is 1.43 bits per heavy atom. The average molecular weight is 312 g/mol. The molecule has 0 aromatic carbocycles. The van der Waals surface area contributed by atoms with Gasteiger partial charge in [0.1, 0.15) is 0 Å². The van der Waals surface area contributed by atoms with Crippen LogP contribution in [0.4, 0.5) is 9.93 Å². The Labute approximate surface area is 129 Å². The molecule has 6 nitrogen and oxygen atoms in total. The van der Waals surface area contributed by atoms with Gasteiger partial charge in [0, 0.05) is 26.0 Å². The molecule has 1 aromatic rings. The molecule has 7 heteroatoms. The molecule has 1 heterocycles. The summed E-state index contributed by atoms with van der Waals surface area (Å²) in [7, 11) is 3.25. The Morgan fingerprint density at radius 3 is 2.67 bits per heavy atom. The quantitative estimate of drug-likeness (QED) is 0.847. The summed E-state index contributed by atoms with van der Waals surface area (Å²) >= 11 is 1.42. The largest absolute Gasteiger partial charge is 0.359 e. The van der Waals surface area contributed by atoms with Crippen molar-refractivity contribution in [3.8, 4) is 0 Å². The van der Waals surface area contributed by atoms with E-state index in [4.69, 9.17) is 0 Å². The molecule has 2 atom stereocenters. The van der Waals surface area contributed by atoms with E-state index in [9.17, 15) is 9.59 Å². The monoisotopic (exact) mass is 312 g/mol. The molecule has 0 aliphatic heterocycles. The Bertz CT molecular complexity index is 489. The predicted octanol–water partition coefficient (Wildman–Crippen LogP) is 2.50. The molecule has 0 spiro atoms. The highest BCUT2D eigenvalue weighted by atomic mass is 32.1. The summed E-state index contributed by atoms with van der Waals surface area (Å²) in [5, 5.41) is 7.90. The van der Waals surface area contributed by atoms with Crippen LogP contribution < -0.4 is 10.6 Å². The van der Waals surface area contributed by atoms with Crippen LogP contribution in [0.15, 0.2) is 5.38 Å². The highest BCUT2D eigenvalue weighted by Gasteiger charge is 2.18. The third kappa shape index (κ3) is 5.00. The van der Waals surface area contributed by atoms with Crippen LogP contribution in [0, 0.1) is 5.92 Å². The second kappa shape index (κ2) is 7.97. The van der Waals surface area contributed by atoms with Crippen molar-refractivity contribution >= 4 is 28.4 Å². The SMILES string of the molecule is CC[C@@H](C)c1csc(NC(=O)N(C)C[C@@H](C)C(=O)NC)n1. The van der Waals surface area contributed by atoms with E-state index >= 15 is 0 Å². The number of nitrogens with one attached hydrogen (secondary N) is 2. The van der Waals surface area contributed by atoms with Crippen molar-refractivity contribution in [1.82, 2.24) is 15.2 Å². The fourth-order valence-electron chi connectivity index (χ4n) is 1.79. The smallest absolute Gasteiger partial charge is 0.323 e. The van der Waals surface area contributed by atoms with Crippen LogP contribution in [0.3, 0.4) is 0 Å². The number of rotatable bonds is 6. The van der Waals surface area contributed by atoms with Gasteiger partial charge in [-0.3, -0.25) is 10.1 Å². The Balaban J connectivity index is 2.56. The normalized spacial score (nSPS) is 13.4. The molecule has 0 aliphatic rings. The summed E-state index contributed by atoms with van der Waals surface area (Å²) in [5.74, 6) is 0.0542. The van der Waals surface area contributed by atoms with Gasteiger partial charge in [-0.15, -0.1) is 11.3 Å². The third-order valence-corrected chi connectivity index (χ3v) is 4.22. The van der Waals surface area contributed by atoms with Gasteiger partial charge in [0.25, 0.3) is 0 Å². The van der Waals surface area contributed by atoms with Crippen molar-refractivity contribution in [2.24, 2.45) is 5.92 Å². The van der Waals surface area contributed by atoms with Crippen molar-refractivity contribution in [2.45, 2.75) is 33.1 Å². The summed E-state index contributed by atoms with van der Waals surface area (Å²) in [6.45, 7) is 6.36. The van der Waals surface area contributed by atoms with Crippen LogP contribution in [-0.4, -0.2) is 42.5 Å². The minimum atomic E-state index is -0.254. The zero-order valence-corrected chi connectivity index (χ0v) is 14.1. The fourth-order valence-corrected chi connectivity index (χ4v) is 2.61. The van der Waals surface area contributed by atoms with Gasteiger partial charge in [0.05, 0.1) is 11.6 Å². The van der Waals surface area contributed by atoms with E-state index in [1.54, 1.807) is 21.0 Å². The van der Waals surface area contributed by atoms with Crippen LogP contribution in [-0.2, 0) is 4.79 Å². The minimum absolute atomic E-state index is 0.0806. The van der Waals surface area contributed by atoms with Crippen molar-refractivity contribution in [2.75, 3.05) is 26.0 Å². The van der Waals surface area contributed by atoms with Crippen molar-refractivity contribution in [3.05, 3.63) is 11.1 Å². The first-order valence-electron chi connectivity index (χ1n) is 7.08. The van der Waals surface area contributed by atoms with E-state index in [0.717, 1.165) is 12.1 Å². The van der Waals surface area contributed by atoms with Crippen LogP contribution in [0.25, 0.3) is 0 Å². The molecule has 3 amide bonds. The van der Waals surface area contributed by atoms with E-state index in [-0.39, 0.29) is 17.9 Å². The van der Waals surface area contributed by atoms with Crippen LogP contribution in [0.1, 0.15) is 38.8 Å². The zero-order valence-electron chi connectivity index (χ0n) is 13.3. The summed E-state index contributed by atoms with van der Waals surface area (Å²) in [6.07, 6.45) is 1.01. The molecule has 0 bridgehead atoms. The molecule has 0 saturated heterocycles. The summed E-state index contributed by atoms with van der Waals surface area (Å²) in [5.41, 5.74) is 0.999. The van der Waals surface area contributed by atoms with Gasteiger partial charge < -0.3 is 10.2 Å². The molecule has 0 aliphatic carbocycles. The molecular formula is C14H24N4O2S. The van der Waals surface area contributed by atoms with Gasteiger partial charge in [0.15, 0.2) is 5.13 Å². The van der Waals surface area contributed by atoms with E-state index in [1.165, 1.54) is 16.2 Å². The first-order chi connectivity index (χ1) is 9.88. The lowest BCUT2D eigenvalue weighted by atomic mass is 10.1. The van der Waals surface area contributed by atoms with Crippen molar-refractivity contribution in [1.29, 1.82) is 0 Å². The highest BCUT2D eigenvalue weighted by molar-refractivity contribution is 7.13. The van der Waals surface area contributed by atoms with Gasteiger partial charge in [0.2, 0.25) is 5.91 Å². The van der Waals surface area contributed by atoms with Gasteiger partial charge in [-0.2, -0.15) is 0 Å². The van der Waals surface area contributed by atoms with E-state index < -0.39 is 0 Å². The van der Waals surface area contributed by atoms with Crippen LogP contribution >= 0.6 is 11.3 Å². The number of hydrogen-bond acceptors (Lipinski definition) is 4. The van der Waals surface area contributed by atoms with Gasteiger partial charge >= 0.3 is 6.03 Å². The van der Waals surface area contributed by atoms with E-state index in [0.29, 0.717) is 17.6 Å². The third-order valence-electron chi connectivity index (χ3n) is 3.44. The van der Waals surface area contributed by atoms with Crippen molar-refractivity contribution < 1.29 is 9.59 Å². The second-order valence-corrected chi connectivity index (χ2v) is 6.07. The number of carbonyl (C=O) groups excluding carboxylic acids is 2. The van der Waals surface area contributed by atoms with E-state index in [1.807, 2.05) is 5.38 Å². The first-order valence-corrected chi connectivity index (χ1v) is 7.96. The number of amides is 3. The number of anilines is 1. The summed E-state index contributed by atoms with van der Waals surface area (Å²) < 4.78 is 0. The van der Waals surface area contributed by atoms with Crippen LogP contribution in [0.5, 0.6) is 0 Å². The number of nitrogens with zero attached hydrogens (tertiary/aromatic N) is 2. The van der Waals surface area contributed by atoms with E-state index in [2.05, 4.69) is 29.5 Å². The minimum Gasteiger partial charge on any atom is -0.359 e. The Hall–Kier alpha value is -1.63. The lowest BCUT2D eigenvalue weighted by Crippen LogP contribution is -2.39. The average Bonchev–Trinajstić information content (AvgIpc) is 2.93. The maximum atomic E-state index is 12.1. The fraction of sp³-hybridized carbons (Fsp3) is 0.643.